The summed E-state index contributed by atoms with van der Waals surface area (Å²) in [6.45, 7) is 4.66. The summed E-state index contributed by atoms with van der Waals surface area (Å²) in [5.74, 6) is 1.25. The van der Waals surface area contributed by atoms with Crippen molar-refractivity contribution in [3.8, 4) is 11.5 Å². The standard InChI is InChI=1S/C20H25ClN2O3/c1-20(2,26-18-9-5-15(21)6-10-18)19(24)22-13-14-23(3)16-7-11-17(25-4)12-8-16/h5-12H,13-14H2,1-4H3,(H,22,24). The van der Waals surface area contributed by atoms with Crippen LogP contribution >= 0.6 is 11.6 Å². The Kier molecular flexibility index (Phi) is 6.75. The van der Waals surface area contributed by atoms with Crippen LogP contribution in [0.2, 0.25) is 5.02 Å². The van der Waals surface area contributed by atoms with Gasteiger partial charge in [0.2, 0.25) is 0 Å². The Morgan fingerprint density at radius 3 is 2.23 bits per heavy atom. The van der Waals surface area contributed by atoms with E-state index in [1.165, 1.54) is 0 Å². The fourth-order valence-corrected chi connectivity index (χ4v) is 2.49. The molecule has 26 heavy (non-hydrogen) atoms. The van der Waals surface area contributed by atoms with Gasteiger partial charge in [-0.25, -0.2) is 0 Å². The lowest BCUT2D eigenvalue weighted by Crippen LogP contribution is -2.48. The van der Waals surface area contributed by atoms with E-state index in [1.807, 2.05) is 31.3 Å². The molecule has 2 aromatic rings. The second-order valence-electron chi connectivity index (χ2n) is 6.44. The SMILES string of the molecule is COc1ccc(N(C)CCNC(=O)C(C)(C)Oc2ccc(Cl)cc2)cc1. The minimum atomic E-state index is -0.980. The molecule has 0 saturated carbocycles. The number of ether oxygens (including phenoxy) is 2. The van der Waals surface area contributed by atoms with E-state index in [0.717, 1.165) is 11.4 Å². The van der Waals surface area contributed by atoms with Crippen molar-refractivity contribution in [2.24, 2.45) is 0 Å². The zero-order valence-electron chi connectivity index (χ0n) is 15.6. The second-order valence-corrected chi connectivity index (χ2v) is 6.88. The molecule has 5 nitrogen and oxygen atoms in total. The zero-order chi connectivity index (χ0) is 19.2. The highest BCUT2D eigenvalue weighted by Gasteiger charge is 2.29. The summed E-state index contributed by atoms with van der Waals surface area (Å²) < 4.78 is 10.9. The Labute approximate surface area is 159 Å². The van der Waals surface area contributed by atoms with Gasteiger partial charge < -0.3 is 19.7 Å². The molecule has 0 bridgehead atoms. The van der Waals surface area contributed by atoms with E-state index >= 15 is 0 Å². The number of methoxy groups -OCH3 is 1. The Morgan fingerprint density at radius 1 is 1.08 bits per heavy atom. The minimum Gasteiger partial charge on any atom is -0.497 e. The van der Waals surface area contributed by atoms with Gasteiger partial charge in [-0.3, -0.25) is 4.79 Å². The molecule has 0 aliphatic rings. The molecule has 0 atom stereocenters. The van der Waals surface area contributed by atoms with E-state index in [9.17, 15) is 4.79 Å². The molecule has 0 fully saturated rings. The molecule has 6 heteroatoms. The highest BCUT2D eigenvalue weighted by Crippen LogP contribution is 2.21. The number of rotatable bonds is 8. The summed E-state index contributed by atoms with van der Waals surface area (Å²) in [4.78, 5) is 14.5. The molecule has 0 aliphatic heterocycles. The lowest BCUT2D eigenvalue weighted by atomic mass is 10.1. The first-order chi connectivity index (χ1) is 12.3. The number of carbonyl (C=O) groups excluding carboxylic acids is 1. The van der Waals surface area contributed by atoms with Gasteiger partial charge >= 0.3 is 0 Å². The maximum absolute atomic E-state index is 12.4. The highest BCUT2D eigenvalue weighted by molar-refractivity contribution is 6.30. The maximum Gasteiger partial charge on any atom is 0.263 e. The number of hydrogen-bond donors (Lipinski definition) is 1. The van der Waals surface area contributed by atoms with Crippen molar-refractivity contribution in [1.82, 2.24) is 5.32 Å². The van der Waals surface area contributed by atoms with Crippen molar-refractivity contribution >= 4 is 23.2 Å². The number of nitrogens with zero attached hydrogens (tertiary/aromatic N) is 1. The smallest absolute Gasteiger partial charge is 0.263 e. The van der Waals surface area contributed by atoms with Gasteiger partial charge in [0.1, 0.15) is 11.5 Å². The Hall–Kier alpha value is -2.40. The fraction of sp³-hybridized carbons (Fsp3) is 0.350. The van der Waals surface area contributed by atoms with E-state index in [4.69, 9.17) is 21.1 Å². The summed E-state index contributed by atoms with van der Waals surface area (Å²) in [6, 6.07) is 14.7. The van der Waals surface area contributed by atoms with Crippen molar-refractivity contribution in [3.63, 3.8) is 0 Å². The Bertz CT molecular complexity index is 715. The molecule has 2 rings (SSSR count). The van der Waals surface area contributed by atoms with E-state index in [2.05, 4.69) is 10.2 Å². The summed E-state index contributed by atoms with van der Waals surface area (Å²) in [5, 5.41) is 3.55. The fourth-order valence-electron chi connectivity index (χ4n) is 2.36. The van der Waals surface area contributed by atoms with Crippen LogP contribution in [-0.2, 0) is 4.79 Å². The van der Waals surface area contributed by atoms with Crippen molar-refractivity contribution in [2.45, 2.75) is 19.4 Å². The van der Waals surface area contributed by atoms with Crippen LogP contribution in [0.25, 0.3) is 0 Å². The third-order valence-corrected chi connectivity index (χ3v) is 4.23. The molecule has 0 aromatic heterocycles. The highest BCUT2D eigenvalue weighted by atomic mass is 35.5. The normalized spacial score (nSPS) is 11.0. The third-order valence-electron chi connectivity index (χ3n) is 3.98. The van der Waals surface area contributed by atoms with Crippen LogP contribution in [0.3, 0.4) is 0 Å². The predicted molar refractivity (Wildman–Crippen MR) is 105 cm³/mol. The van der Waals surface area contributed by atoms with Gasteiger partial charge in [-0.1, -0.05) is 11.6 Å². The molecule has 0 aliphatic carbocycles. The van der Waals surface area contributed by atoms with E-state index in [1.54, 1.807) is 45.2 Å². The summed E-state index contributed by atoms with van der Waals surface area (Å²) in [7, 11) is 3.62. The molecular formula is C20H25ClN2O3. The predicted octanol–water partition coefficient (Wildman–Crippen LogP) is 3.76. The number of nitrogens with one attached hydrogen (secondary N) is 1. The zero-order valence-corrected chi connectivity index (χ0v) is 16.3. The van der Waals surface area contributed by atoms with Gasteiger partial charge in [-0.05, 0) is 62.4 Å². The number of carbonyl (C=O) groups is 1. The van der Waals surface area contributed by atoms with Crippen LogP contribution in [0.15, 0.2) is 48.5 Å². The topological polar surface area (TPSA) is 50.8 Å². The van der Waals surface area contributed by atoms with Crippen molar-refractivity contribution in [2.75, 3.05) is 32.1 Å². The first kappa shape index (κ1) is 19.9. The van der Waals surface area contributed by atoms with Gasteiger partial charge in [-0.15, -0.1) is 0 Å². The minimum absolute atomic E-state index is 0.171. The quantitative estimate of drug-likeness (QED) is 0.762. The summed E-state index contributed by atoms with van der Waals surface area (Å²) in [5.41, 5.74) is 0.0729. The van der Waals surface area contributed by atoms with Crippen LogP contribution in [-0.4, -0.2) is 38.8 Å². The number of hydrogen-bond acceptors (Lipinski definition) is 4. The van der Waals surface area contributed by atoms with Gasteiger partial charge in [0.25, 0.3) is 5.91 Å². The average molecular weight is 377 g/mol. The molecule has 0 unspecified atom stereocenters. The van der Waals surface area contributed by atoms with Gasteiger partial charge in [0.15, 0.2) is 5.60 Å². The van der Waals surface area contributed by atoms with Crippen molar-refractivity contribution < 1.29 is 14.3 Å². The second kappa shape index (κ2) is 8.81. The average Bonchev–Trinajstić information content (AvgIpc) is 2.63. The van der Waals surface area contributed by atoms with Gasteiger partial charge in [0.05, 0.1) is 7.11 Å². The number of anilines is 1. The van der Waals surface area contributed by atoms with Crippen molar-refractivity contribution in [1.29, 1.82) is 0 Å². The van der Waals surface area contributed by atoms with Crippen molar-refractivity contribution in [3.05, 3.63) is 53.6 Å². The number of likely N-dealkylation sites (N-methyl/N-ethyl adjacent to an activating group) is 1. The van der Waals surface area contributed by atoms with Gasteiger partial charge in [-0.2, -0.15) is 0 Å². The molecule has 140 valence electrons. The monoisotopic (exact) mass is 376 g/mol. The summed E-state index contributed by atoms with van der Waals surface area (Å²) >= 11 is 5.86. The molecule has 0 heterocycles. The largest absolute Gasteiger partial charge is 0.497 e. The first-order valence-corrected chi connectivity index (χ1v) is 8.78. The van der Waals surface area contributed by atoms with Crippen LogP contribution in [0, 0.1) is 0 Å². The summed E-state index contributed by atoms with van der Waals surface area (Å²) in [6.07, 6.45) is 0. The lowest BCUT2D eigenvalue weighted by Gasteiger charge is -2.26. The van der Waals surface area contributed by atoms with Gasteiger partial charge in [0, 0.05) is 30.8 Å². The first-order valence-electron chi connectivity index (χ1n) is 8.40. The Morgan fingerprint density at radius 2 is 1.65 bits per heavy atom. The number of amides is 1. The number of benzene rings is 2. The van der Waals surface area contributed by atoms with Crippen LogP contribution in [0.4, 0.5) is 5.69 Å². The molecule has 1 amide bonds. The lowest BCUT2D eigenvalue weighted by molar-refractivity contribution is -0.134. The molecule has 0 radical (unpaired) electrons. The number of halogens is 1. The van der Waals surface area contributed by atoms with Crippen LogP contribution in [0.1, 0.15) is 13.8 Å². The molecule has 2 aromatic carbocycles. The Balaban J connectivity index is 1.83. The van der Waals surface area contributed by atoms with Crippen LogP contribution < -0.4 is 19.7 Å². The molecule has 0 saturated heterocycles. The van der Waals surface area contributed by atoms with E-state index in [-0.39, 0.29) is 5.91 Å². The molecule has 0 spiro atoms. The molecule has 1 N–H and O–H groups in total. The van der Waals surface area contributed by atoms with Crippen LogP contribution in [0.5, 0.6) is 11.5 Å². The maximum atomic E-state index is 12.4. The molecular weight excluding hydrogens is 352 g/mol. The third kappa shape index (κ3) is 5.56. The van der Waals surface area contributed by atoms with E-state index in [0.29, 0.717) is 23.9 Å². The van der Waals surface area contributed by atoms with E-state index < -0.39 is 5.60 Å².